The molecule has 0 bridgehead atoms. The fourth-order valence-electron chi connectivity index (χ4n) is 0.725. The first kappa shape index (κ1) is 12.5. The Kier molecular flexibility index (Phi) is 4.63. The zero-order valence-electron chi connectivity index (χ0n) is 7.78. The normalized spacial score (nSPS) is 12.5. The predicted molar refractivity (Wildman–Crippen MR) is 59.6 cm³/mol. The predicted octanol–water partition coefficient (Wildman–Crippen LogP) is 2.60. The quantitative estimate of drug-likeness (QED) is 0.849. The van der Waals surface area contributed by atoms with Gasteiger partial charge in [-0.15, -0.1) is 22.0 Å². The Balaban J connectivity index is 2.65. The maximum atomic E-state index is 10.6. The maximum absolute atomic E-state index is 10.6. The number of carbonyl (C=O) groups is 1. The van der Waals surface area contributed by atoms with Crippen LogP contribution in [0.1, 0.15) is 6.92 Å². The first-order chi connectivity index (χ1) is 7.00. The molecule has 1 rings (SSSR count). The summed E-state index contributed by atoms with van der Waals surface area (Å²) in [5.41, 5.74) is 0. The molecule has 0 aliphatic carbocycles. The van der Waals surface area contributed by atoms with Gasteiger partial charge in [0.05, 0.1) is 5.92 Å². The number of hydrogen-bond acceptors (Lipinski definition) is 4. The summed E-state index contributed by atoms with van der Waals surface area (Å²) in [5, 5.41) is 16.3. The highest BCUT2D eigenvalue weighted by Gasteiger charge is 2.13. The molecule has 0 spiro atoms. The smallest absolute Gasteiger partial charge is 0.307 e. The Hall–Kier alpha value is -0.520. The lowest BCUT2D eigenvalue weighted by Gasteiger charge is -2.06. The van der Waals surface area contributed by atoms with Crippen molar-refractivity contribution in [1.82, 2.24) is 10.2 Å². The summed E-state index contributed by atoms with van der Waals surface area (Å²) in [6, 6.07) is 1.57. The summed E-state index contributed by atoms with van der Waals surface area (Å²) in [4.78, 5) is 11.2. The molecule has 0 aromatic carbocycles. The van der Waals surface area contributed by atoms with Gasteiger partial charge in [-0.3, -0.25) is 4.79 Å². The lowest BCUT2D eigenvalue weighted by Crippen LogP contribution is -2.11. The summed E-state index contributed by atoms with van der Waals surface area (Å²) < 4.78 is 0. The topological polar surface area (TPSA) is 63.1 Å². The van der Waals surface area contributed by atoms with Gasteiger partial charge in [0.15, 0.2) is 10.3 Å². The van der Waals surface area contributed by atoms with Crippen molar-refractivity contribution in [3.63, 3.8) is 0 Å². The van der Waals surface area contributed by atoms with E-state index in [-0.39, 0.29) is 10.3 Å². The van der Waals surface area contributed by atoms with Crippen LogP contribution in [-0.4, -0.2) is 27.0 Å². The van der Waals surface area contributed by atoms with Crippen LogP contribution < -0.4 is 0 Å². The van der Waals surface area contributed by atoms with E-state index in [4.69, 9.17) is 28.3 Å². The van der Waals surface area contributed by atoms with E-state index in [2.05, 4.69) is 10.2 Å². The monoisotopic (exact) mass is 266 g/mol. The zero-order chi connectivity index (χ0) is 11.4. The maximum Gasteiger partial charge on any atom is 0.307 e. The van der Waals surface area contributed by atoms with E-state index < -0.39 is 11.9 Å². The third kappa shape index (κ3) is 3.85. The SMILES string of the molecule is CC(CSc1cc(Cl)nnc1Cl)C(=O)O. The highest BCUT2D eigenvalue weighted by molar-refractivity contribution is 7.99. The molecule has 0 amide bonds. The molecule has 1 aromatic rings. The number of thioether (sulfide) groups is 1. The molecular formula is C8H8Cl2N2O2S. The molecule has 7 heteroatoms. The van der Waals surface area contributed by atoms with Crippen molar-refractivity contribution in [2.45, 2.75) is 11.8 Å². The lowest BCUT2D eigenvalue weighted by molar-refractivity contribution is -0.140. The van der Waals surface area contributed by atoms with Gasteiger partial charge in [0, 0.05) is 10.6 Å². The molecule has 1 N–H and O–H groups in total. The largest absolute Gasteiger partial charge is 0.481 e. The first-order valence-electron chi connectivity index (χ1n) is 4.05. The van der Waals surface area contributed by atoms with E-state index in [0.717, 1.165) is 0 Å². The van der Waals surface area contributed by atoms with E-state index in [1.165, 1.54) is 11.8 Å². The van der Waals surface area contributed by atoms with Crippen LogP contribution in [-0.2, 0) is 4.79 Å². The third-order valence-corrected chi connectivity index (χ3v) is 3.46. The fraction of sp³-hybridized carbons (Fsp3) is 0.375. The zero-order valence-corrected chi connectivity index (χ0v) is 10.1. The standard InChI is InChI=1S/C8H8Cl2N2O2S/c1-4(8(13)14)3-15-5-2-6(9)11-12-7(5)10/h2,4H,3H2,1H3,(H,13,14). The van der Waals surface area contributed by atoms with Gasteiger partial charge >= 0.3 is 5.97 Å². The first-order valence-corrected chi connectivity index (χ1v) is 5.79. The highest BCUT2D eigenvalue weighted by atomic mass is 35.5. The number of nitrogens with zero attached hydrogens (tertiary/aromatic N) is 2. The van der Waals surface area contributed by atoms with E-state index in [1.807, 2.05) is 0 Å². The number of carboxylic acid groups (broad SMARTS) is 1. The summed E-state index contributed by atoms with van der Waals surface area (Å²) in [6.07, 6.45) is 0. The van der Waals surface area contributed by atoms with Crippen LogP contribution in [0.4, 0.5) is 0 Å². The van der Waals surface area contributed by atoms with Crippen LogP contribution in [0.3, 0.4) is 0 Å². The third-order valence-electron chi connectivity index (χ3n) is 1.60. The average Bonchev–Trinajstić information content (AvgIpc) is 2.18. The molecule has 0 aliphatic heterocycles. The molecule has 0 fully saturated rings. The van der Waals surface area contributed by atoms with Crippen LogP contribution in [0.5, 0.6) is 0 Å². The highest BCUT2D eigenvalue weighted by Crippen LogP contribution is 2.28. The average molecular weight is 267 g/mol. The van der Waals surface area contributed by atoms with Crippen molar-refractivity contribution in [2.24, 2.45) is 5.92 Å². The number of halogens is 2. The molecule has 1 atom stereocenters. The van der Waals surface area contributed by atoms with E-state index >= 15 is 0 Å². The number of rotatable bonds is 4. The molecule has 0 radical (unpaired) electrons. The fourth-order valence-corrected chi connectivity index (χ4v) is 2.12. The van der Waals surface area contributed by atoms with Crippen molar-refractivity contribution in [2.75, 3.05) is 5.75 Å². The molecule has 0 saturated heterocycles. The van der Waals surface area contributed by atoms with Crippen molar-refractivity contribution >= 4 is 40.9 Å². The van der Waals surface area contributed by atoms with Crippen molar-refractivity contribution < 1.29 is 9.90 Å². The second-order valence-corrected chi connectivity index (χ2v) is 4.68. The van der Waals surface area contributed by atoms with Gasteiger partial charge < -0.3 is 5.11 Å². The van der Waals surface area contributed by atoms with E-state index in [1.54, 1.807) is 13.0 Å². The Morgan fingerprint density at radius 2 is 2.27 bits per heavy atom. The summed E-state index contributed by atoms with van der Waals surface area (Å²) in [6.45, 7) is 1.62. The molecule has 1 heterocycles. The molecule has 1 aromatic heterocycles. The molecule has 1 unspecified atom stereocenters. The van der Waals surface area contributed by atoms with Crippen LogP contribution >= 0.6 is 35.0 Å². The van der Waals surface area contributed by atoms with Crippen molar-refractivity contribution in [1.29, 1.82) is 0 Å². The summed E-state index contributed by atoms with van der Waals surface area (Å²) in [7, 11) is 0. The van der Waals surface area contributed by atoms with Crippen molar-refractivity contribution in [3.8, 4) is 0 Å². The Morgan fingerprint density at radius 3 is 2.87 bits per heavy atom. The molecule has 15 heavy (non-hydrogen) atoms. The minimum absolute atomic E-state index is 0.238. The summed E-state index contributed by atoms with van der Waals surface area (Å²) in [5.74, 6) is -0.874. The molecular weight excluding hydrogens is 259 g/mol. The van der Waals surface area contributed by atoms with Crippen molar-refractivity contribution in [3.05, 3.63) is 16.4 Å². The van der Waals surface area contributed by atoms with Gasteiger partial charge in [0.2, 0.25) is 0 Å². The van der Waals surface area contributed by atoms with Gasteiger partial charge in [-0.2, -0.15) is 0 Å². The molecule has 4 nitrogen and oxygen atoms in total. The van der Waals surface area contributed by atoms with E-state index in [9.17, 15) is 4.79 Å². The van der Waals surface area contributed by atoms with Gasteiger partial charge in [0.1, 0.15) is 0 Å². The van der Waals surface area contributed by atoms with Crippen LogP contribution in [0, 0.1) is 5.92 Å². The minimum Gasteiger partial charge on any atom is -0.481 e. The van der Waals surface area contributed by atoms with Gasteiger partial charge in [0.25, 0.3) is 0 Å². The number of hydrogen-bond donors (Lipinski definition) is 1. The number of aliphatic carboxylic acids is 1. The van der Waals surface area contributed by atoms with Crippen LogP contribution in [0.25, 0.3) is 0 Å². The van der Waals surface area contributed by atoms with E-state index in [0.29, 0.717) is 10.6 Å². The molecule has 82 valence electrons. The number of aromatic nitrogens is 2. The van der Waals surface area contributed by atoms with Gasteiger partial charge in [-0.25, -0.2) is 0 Å². The Bertz CT molecular complexity index is 376. The Labute approximate surface area is 101 Å². The second kappa shape index (κ2) is 5.53. The number of carboxylic acids is 1. The van der Waals surface area contributed by atoms with Gasteiger partial charge in [-0.1, -0.05) is 30.1 Å². The summed E-state index contributed by atoms with van der Waals surface area (Å²) >= 11 is 12.7. The van der Waals surface area contributed by atoms with Crippen LogP contribution in [0.2, 0.25) is 10.3 Å². The molecule has 0 saturated carbocycles. The minimum atomic E-state index is -0.841. The van der Waals surface area contributed by atoms with Gasteiger partial charge in [-0.05, 0) is 6.07 Å². The van der Waals surface area contributed by atoms with Crippen LogP contribution in [0.15, 0.2) is 11.0 Å². The molecule has 0 aliphatic rings. The lowest BCUT2D eigenvalue weighted by atomic mass is 10.2. The Morgan fingerprint density at radius 1 is 1.60 bits per heavy atom. The second-order valence-electron chi connectivity index (χ2n) is 2.87.